The number of thiophene rings is 1. The van der Waals surface area contributed by atoms with Gasteiger partial charge in [-0.2, -0.15) is 0 Å². The van der Waals surface area contributed by atoms with E-state index in [1.54, 1.807) is 11.3 Å². The molecule has 0 spiro atoms. The van der Waals surface area contributed by atoms with Crippen LogP contribution in [0.4, 0.5) is 0 Å². The van der Waals surface area contributed by atoms with Crippen LogP contribution in [0.25, 0.3) is 0 Å². The zero-order valence-electron chi connectivity index (χ0n) is 13.6. The molecule has 2 saturated carbocycles. The van der Waals surface area contributed by atoms with E-state index in [0.29, 0.717) is 6.54 Å². The average molecular weight is 334 g/mol. The Labute approximate surface area is 142 Å². The first-order chi connectivity index (χ1) is 11.2. The van der Waals surface area contributed by atoms with Gasteiger partial charge in [0, 0.05) is 22.9 Å². The number of hydrogen-bond donors (Lipinski definition) is 2. The van der Waals surface area contributed by atoms with Crippen LogP contribution in [0, 0.1) is 0 Å². The molecule has 0 unspecified atom stereocenters. The standard InChI is InChI=1S/C18H26N2O2S/c21-16(17(22)20-14-7-2-3-8-14)19-13-18(10-4-1-5-11-18)15-9-6-12-23-15/h6,9,12,14H,1-5,7-8,10-11,13H2,(H,19,21)(H,20,22). The molecule has 2 aliphatic rings. The van der Waals surface area contributed by atoms with Crippen LogP contribution in [0.3, 0.4) is 0 Å². The summed E-state index contributed by atoms with van der Waals surface area (Å²) in [7, 11) is 0. The lowest BCUT2D eigenvalue weighted by molar-refractivity contribution is -0.139. The number of hydrogen-bond acceptors (Lipinski definition) is 3. The second-order valence-corrected chi connectivity index (χ2v) is 7.90. The third-order valence-electron chi connectivity index (χ3n) is 5.34. The van der Waals surface area contributed by atoms with Gasteiger partial charge in [-0.1, -0.05) is 38.2 Å². The lowest BCUT2D eigenvalue weighted by atomic mass is 9.73. The van der Waals surface area contributed by atoms with Gasteiger partial charge in [0.15, 0.2) is 0 Å². The van der Waals surface area contributed by atoms with Gasteiger partial charge in [-0.15, -0.1) is 11.3 Å². The van der Waals surface area contributed by atoms with Gasteiger partial charge in [-0.25, -0.2) is 0 Å². The first-order valence-electron chi connectivity index (χ1n) is 8.82. The number of rotatable bonds is 4. The zero-order valence-corrected chi connectivity index (χ0v) is 14.4. The predicted molar refractivity (Wildman–Crippen MR) is 92.5 cm³/mol. The van der Waals surface area contributed by atoms with Gasteiger partial charge < -0.3 is 10.6 Å². The van der Waals surface area contributed by atoms with Crippen LogP contribution in [-0.4, -0.2) is 24.4 Å². The average Bonchev–Trinajstić information content (AvgIpc) is 3.27. The lowest BCUT2D eigenvalue weighted by Gasteiger charge is -2.36. The van der Waals surface area contributed by atoms with Crippen LogP contribution in [0.1, 0.15) is 62.7 Å². The van der Waals surface area contributed by atoms with Gasteiger partial charge in [0.05, 0.1) is 0 Å². The molecule has 2 amide bonds. The fourth-order valence-corrected chi connectivity index (χ4v) is 4.96. The van der Waals surface area contributed by atoms with Gasteiger partial charge in [-0.05, 0) is 37.1 Å². The van der Waals surface area contributed by atoms with Gasteiger partial charge in [0.25, 0.3) is 0 Å². The Morgan fingerprint density at radius 1 is 1.09 bits per heavy atom. The van der Waals surface area contributed by atoms with Crippen molar-refractivity contribution in [2.45, 2.75) is 69.2 Å². The molecule has 0 saturated heterocycles. The lowest BCUT2D eigenvalue weighted by Crippen LogP contribution is -2.48. The summed E-state index contributed by atoms with van der Waals surface area (Å²) >= 11 is 1.76. The third-order valence-corrected chi connectivity index (χ3v) is 6.45. The second-order valence-electron chi connectivity index (χ2n) is 6.96. The molecule has 1 aromatic heterocycles. The van der Waals surface area contributed by atoms with Crippen LogP contribution < -0.4 is 10.6 Å². The van der Waals surface area contributed by atoms with Crippen LogP contribution in [-0.2, 0) is 15.0 Å². The highest BCUT2D eigenvalue weighted by Crippen LogP contribution is 2.41. The summed E-state index contributed by atoms with van der Waals surface area (Å²) in [6.07, 6.45) is 10.1. The van der Waals surface area contributed by atoms with Crippen LogP contribution in [0.5, 0.6) is 0 Å². The van der Waals surface area contributed by atoms with Gasteiger partial charge in [0.2, 0.25) is 0 Å². The molecule has 0 atom stereocenters. The largest absolute Gasteiger partial charge is 0.347 e. The molecule has 0 bridgehead atoms. The van der Waals surface area contributed by atoms with E-state index in [2.05, 4.69) is 28.1 Å². The SMILES string of the molecule is O=C(NCC1(c2cccs2)CCCCC1)C(=O)NC1CCCC1. The summed E-state index contributed by atoms with van der Waals surface area (Å²) in [5, 5.41) is 7.87. The van der Waals surface area contributed by atoms with Crippen molar-refractivity contribution in [3.05, 3.63) is 22.4 Å². The van der Waals surface area contributed by atoms with Crippen molar-refractivity contribution in [2.24, 2.45) is 0 Å². The fraction of sp³-hybridized carbons (Fsp3) is 0.667. The first kappa shape index (κ1) is 16.5. The molecule has 5 heteroatoms. The Bertz CT molecular complexity index is 529. The molecule has 0 radical (unpaired) electrons. The number of carbonyl (C=O) groups excluding carboxylic acids is 2. The minimum absolute atomic E-state index is 0.0235. The molecule has 3 rings (SSSR count). The van der Waals surface area contributed by atoms with E-state index in [1.165, 1.54) is 24.1 Å². The Morgan fingerprint density at radius 3 is 2.48 bits per heavy atom. The fourth-order valence-electron chi connectivity index (χ4n) is 3.97. The summed E-state index contributed by atoms with van der Waals surface area (Å²) in [6.45, 7) is 0.574. The normalized spacial score (nSPS) is 21.0. The monoisotopic (exact) mass is 334 g/mol. The summed E-state index contributed by atoms with van der Waals surface area (Å²) in [5.74, 6) is -0.938. The maximum atomic E-state index is 12.2. The van der Waals surface area contributed by atoms with E-state index < -0.39 is 11.8 Å². The molecule has 2 fully saturated rings. The van der Waals surface area contributed by atoms with Crippen molar-refractivity contribution in [1.29, 1.82) is 0 Å². The van der Waals surface area contributed by atoms with E-state index in [0.717, 1.165) is 38.5 Å². The summed E-state index contributed by atoms with van der Waals surface area (Å²) in [6, 6.07) is 4.43. The highest BCUT2D eigenvalue weighted by molar-refractivity contribution is 7.10. The molecular weight excluding hydrogens is 308 g/mol. The minimum Gasteiger partial charge on any atom is -0.347 e. The van der Waals surface area contributed by atoms with Crippen molar-refractivity contribution < 1.29 is 9.59 Å². The number of nitrogens with one attached hydrogen (secondary N) is 2. The third kappa shape index (κ3) is 3.94. The van der Waals surface area contributed by atoms with Crippen molar-refractivity contribution in [3.63, 3.8) is 0 Å². The quantitative estimate of drug-likeness (QED) is 0.831. The predicted octanol–water partition coefficient (Wildman–Crippen LogP) is 3.13. The van der Waals surface area contributed by atoms with Crippen LogP contribution in [0.15, 0.2) is 17.5 Å². The van der Waals surface area contributed by atoms with Gasteiger partial charge >= 0.3 is 11.8 Å². The highest BCUT2D eigenvalue weighted by Gasteiger charge is 2.35. The van der Waals surface area contributed by atoms with Gasteiger partial charge in [-0.3, -0.25) is 9.59 Å². The summed E-state index contributed by atoms with van der Waals surface area (Å²) in [5.41, 5.74) is 0.0235. The molecule has 0 aliphatic heterocycles. The second kappa shape index (κ2) is 7.47. The zero-order chi connectivity index (χ0) is 16.1. The van der Waals surface area contributed by atoms with Crippen LogP contribution >= 0.6 is 11.3 Å². The highest BCUT2D eigenvalue weighted by atomic mass is 32.1. The van der Waals surface area contributed by atoms with E-state index in [4.69, 9.17) is 0 Å². The van der Waals surface area contributed by atoms with Crippen molar-refractivity contribution in [3.8, 4) is 0 Å². The first-order valence-corrected chi connectivity index (χ1v) is 9.70. The van der Waals surface area contributed by atoms with E-state index in [1.807, 2.05) is 0 Å². The summed E-state index contributed by atoms with van der Waals surface area (Å²) < 4.78 is 0. The molecule has 1 heterocycles. The number of amides is 2. The Balaban J connectivity index is 1.58. The maximum absolute atomic E-state index is 12.2. The van der Waals surface area contributed by atoms with Gasteiger partial charge in [0.1, 0.15) is 0 Å². The van der Waals surface area contributed by atoms with E-state index in [-0.39, 0.29) is 11.5 Å². The molecule has 0 aromatic carbocycles. The Kier molecular flexibility index (Phi) is 5.36. The minimum atomic E-state index is -0.474. The molecule has 2 N–H and O–H groups in total. The van der Waals surface area contributed by atoms with Crippen molar-refractivity contribution in [2.75, 3.05) is 6.54 Å². The molecular formula is C18H26N2O2S. The Hall–Kier alpha value is -1.36. The van der Waals surface area contributed by atoms with E-state index in [9.17, 15) is 9.59 Å². The Morgan fingerprint density at radius 2 is 1.83 bits per heavy atom. The smallest absolute Gasteiger partial charge is 0.309 e. The molecule has 2 aliphatic carbocycles. The van der Waals surface area contributed by atoms with Crippen LogP contribution in [0.2, 0.25) is 0 Å². The molecule has 1 aromatic rings. The summed E-state index contributed by atoms with van der Waals surface area (Å²) in [4.78, 5) is 25.5. The molecule has 126 valence electrons. The van der Waals surface area contributed by atoms with Crippen molar-refractivity contribution in [1.82, 2.24) is 10.6 Å². The van der Waals surface area contributed by atoms with E-state index >= 15 is 0 Å². The topological polar surface area (TPSA) is 58.2 Å². The van der Waals surface area contributed by atoms with Crippen molar-refractivity contribution >= 4 is 23.2 Å². The molecule has 4 nitrogen and oxygen atoms in total. The maximum Gasteiger partial charge on any atom is 0.309 e. The number of carbonyl (C=O) groups is 2. The molecule has 23 heavy (non-hydrogen) atoms.